The molecule has 104 valence electrons. The van der Waals surface area contributed by atoms with Gasteiger partial charge in [-0.05, 0) is 37.0 Å². The molecule has 0 heterocycles. The van der Waals surface area contributed by atoms with Crippen LogP contribution in [0.1, 0.15) is 52.0 Å². The molecule has 5 nitrogen and oxygen atoms in total. The lowest BCUT2D eigenvalue weighted by atomic mass is 9.98. The summed E-state index contributed by atoms with van der Waals surface area (Å²) in [6, 6.07) is 4.20. The smallest absolute Gasteiger partial charge is 0.335 e. The van der Waals surface area contributed by atoms with E-state index in [9.17, 15) is 9.59 Å². The summed E-state index contributed by atoms with van der Waals surface area (Å²) < 4.78 is 0. The normalized spacial score (nSPS) is 10.4. The second-order valence-electron chi connectivity index (χ2n) is 4.37. The van der Waals surface area contributed by atoms with Crippen molar-refractivity contribution in [3.63, 3.8) is 0 Å². The number of carboxylic acid groups (broad SMARTS) is 2. The number of aromatic carboxylic acids is 2. The average Bonchev–Trinajstić information content (AvgIpc) is 2.38. The number of hydrogen-bond acceptors (Lipinski definition) is 3. The van der Waals surface area contributed by atoms with Crippen LogP contribution < -0.4 is 0 Å². The number of rotatable bonds is 8. The molecular weight excluding hydrogens is 248 g/mol. The number of aliphatic hydroxyl groups excluding tert-OH is 1. The van der Waals surface area contributed by atoms with Crippen LogP contribution in [-0.4, -0.2) is 33.9 Å². The zero-order valence-corrected chi connectivity index (χ0v) is 10.6. The van der Waals surface area contributed by atoms with Crippen molar-refractivity contribution >= 4 is 11.9 Å². The van der Waals surface area contributed by atoms with Crippen molar-refractivity contribution in [2.24, 2.45) is 0 Å². The Hall–Kier alpha value is -1.88. The van der Waals surface area contributed by atoms with Gasteiger partial charge in [0.2, 0.25) is 0 Å². The Balaban J connectivity index is 2.71. The highest BCUT2D eigenvalue weighted by molar-refractivity contribution is 5.94. The number of carbonyl (C=O) groups is 2. The summed E-state index contributed by atoms with van der Waals surface area (Å²) >= 11 is 0. The van der Waals surface area contributed by atoms with Crippen LogP contribution in [0.2, 0.25) is 0 Å². The summed E-state index contributed by atoms with van der Waals surface area (Å²) in [5.41, 5.74) is 0.699. The number of aliphatic hydroxyl groups is 1. The number of unbranched alkanes of at least 4 members (excludes halogenated alkanes) is 3. The van der Waals surface area contributed by atoms with Gasteiger partial charge in [0.1, 0.15) is 0 Å². The van der Waals surface area contributed by atoms with E-state index in [-0.39, 0.29) is 17.7 Å². The first-order chi connectivity index (χ1) is 9.06. The summed E-state index contributed by atoms with van der Waals surface area (Å²) in [4.78, 5) is 21.9. The van der Waals surface area contributed by atoms with Crippen LogP contribution in [-0.2, 0) is 6.42 Å². The van der Waals surface area contributed by atoms with E-state index < -0.39 is 11.9 Å². The molecule has 0 spiro atoms. The third kappa shape index (κ3) is 4.71. The highest BCUT2D eigenvalue weighted by Crippen LogP contribution is 2.16. The van der Waals surface area contributed by atoms with Crippen molar-refractivity contribution in [1.82, 2.24) is 0 Å². The monoisotopic (exact) mass is 266 g/mol. The molecule has 0 aliphatic heterocycles. The van der Waals surface area contributed by atoms with Gasteiger partial charge in [-0.3, -0.25) is 0 Å². The maximum Gasteiger partial charge on any atom is 0.335 e. The number of benzene rings is 1. The number of hydrogen-bond donors (Lipinski definition) is 3. The van der Waals surface area contributed by atoms with Crippen LogP contribution in [0.5, 0.6) is 0 Å². The van der Waals surface area contributed by atoms with E-state index in [2.05, 4.69) is 0 Å². The van der Waals surface area contributed by atoms with Crippen LogP contribution in [0, 0.1) is 0 Å². The van der Waals surface area contributed by atoms with Crippen LogP contribution in [0.4, 0.5) is 0 Å². The van der Waals surface area contributed by atoms with Gasteiger partial charge < -0.3 is 15.3 Å². The molecule has 1 rings (SSSR count). The summed E-state index contributed by atoms with van der Waals surface area (Å²) in [5.74, 6) is -2.23. The molecular formula is C14H18O5. The molecule has 0 atom stereocenters. The Kier molecular flexibility index (Phi) is 6.02. The average molecular weight is 266 g/mol. The molecule has 3 N–H and O–H groups in total. The lowest BCUT2D eigenvalue weighted by Crippen LogP contribution is -2.06. The Labute approximate surface area is 111 Å². The molecule has 0 unspecified atom stereocenters. The van der Waals surface area contributed by atoms with Crippen molar-refractivity contribution in [3.05, 3.63) is 34.9 Å². The fourth-order valence-electron chi connectivity index (χ4n) is 1.91. The predicted octanol–water partition coefficient (Wildman–Crippen LogP) is 2.18. The molecule has 0 radical (unpaired) electrons. The minimum absolute atomic E-state index is 0.0126. The Bertz CT molecular complexity index is 453. The molecule has 0 amide bonds. The van der Waals surface area contributed by atoms with Gasteiger partial charge >= 0.3 is 11.9 Å². The van der Waals surface area contributed by atoms with Crippen molar-refractivity contribution in [3.8, 4) is 0 Å². The first-order valence-corrected chi connectivity index (χ1v) is 6.26. The third-order valence-electron chi connectivity index (χ3n) is 2.94. The summed E-state index contributed by atoms with van der Waals surface area (Å²) in [5, 5.41) is 26.6. The third-order valence-corrected chi connectivity index (χ3v) is 2.94. The SMILES string of the molecule is O=C(O)c1ccc(CCCCCCO)c(C(=O)O)c1. The molecule has 0 aliphatic carbocycles. The van der Waals surface area contributed by atoms with Gasteiger partial charge in [0.05, 0.1) is 11.1 Å². The van der Waals surface area contributed by atoms with Crippen LogP contribution in [0.3, 0.4) is 0 Å². The first kappa shape index (κ1) is 15.2. The highest BCUT2D eigenvalue weighted by atomic mass is 16.4. The molecule has 0 saturated carbocycles. The Morgan fingerprint density at radius 1 is 0.947 bits per heavy atom. The van der Waals surface area contributed by atoms with E-state index in [4.69, 9.17) is 15.3 Å². The molecule has 1 aromatic carbocycles. The Morgan fingerprint density at radius 3 is 2.21 bits per heavy atom. The second-order valence-corrected chi connectivity index (χ2v) is 4.37. The van der Waals surface area contributed by atoms with E-state index in [1.165, 1.54) is 12.1 Å². The lowest BCUT2D eigenvalue weighted by molar-refractivity contribution is 0.0695. The summed E-state index contributed by atoms with van der Waals surface area (Å²) in [6.07, 6.45) is 4.01. The second kappa shape index (κ2) is 7.53. The zero-order valence-electron chi connectivity index (χ0n) is 10.6. The van der Waals surface area contributed by atoms with Gasteiger partial charge in [-0.15, -0.1) is 0 Å². The van der Waals surface area contributed by atoms with Gasteiger partial charge in [-0.25, -0.2) is 9.59 Å². The molecule has 0 fully saturated rings. The fraction of sp³-hybridized carbons (Fsp3) is 0.429. The van der Waals surface area contributed by atoms with E-state index in [0.29, 0.717) is 12.0 Å². The minimum Gasteiger partial charge on any atom is -0.478 e. The molecule has 5 heteroatoms. The fourth-order valence-corrected chi connectivity index (χ4v) is 1.91. The van der Waals surface area contributed by atoms with Crippen molar-refractivity contribution in [1.29, 1.82) is 0 Å². The van der Waals surface area contributed by atoms with Gasteiger partial charge in [-0.1, -0.05) is 18.9 Å². The van der Waals surface area contributed by atoms with E-state index >= 15 is 0 Å². The molecule has 0 aromatic heterocycles. The first-order valence-electron chi connectivity index (χ1n) is 6.26. The van der Waals surface area contributed by atoms with Crippen molar-refractivity contribution < 1.29 is 24.9 Å². The van der Waals surface area contributed by atoms with Crippen molar-refractivity contribution in [2.75, 3.05) is 6.61 Å². The topological polar surface area (TPSA) is 94.8 Å². The highest BCUT2D eigenvalue weighted by Gasteiger charge is 2.13. The van der Waals surface area contributed by atoms with Crippen molar-refractivity contribution in [2.45, 2.75) is 32.1 Å². The largest absolute Gasteiger partial charge is 0.478 e. The minimum atomic E-state index is -1.13. The quantitative estimate of drug-likeness (QED) is 0.627. The molecule has 1 aromatic rings. The van der Waals surface area contributed by atoms with E-state index in [1.54, 1.807) is 6.07 Å². The van der Waals surface area contributed by atoms with Gasteiger partial charge in [0, 0.05) is 6.61 Å². The van der Waals surface area contributed by atoms with E-state index in [1.807, 2.05) is 0 Å². The molecule has 0 bridgehead atoms. The molecule has 0 aliphatic rings. The summed E-state index contributed by atoms with van der Waals surface area (Å²) in [6.45, 7) is 0.174. The van der Waals surface area contributed by atoms with Crippen LogP contribution >= 0.6 is 0 Å². The standard InChI is InChI=1S/C14H18O5/c15-8-4-2-1-3-5-10-6-7-11(13(16)17)9-12(10)14(18)19/h6-7,9,15H,1-5,8H2,(H,16,17)(H,18,19). The van der Waals surface area contributed by atoms with Crippen LogP contribution in [0.25, 0.3) is 0 Å². The number of aryl methyl sites for hydroxylation is 1. The van der Waals surface area contributed by atoms with Gasteiger partial charge in [0.15, 0.2) is 0 Å². The molecule has 0 saturated heterocycles. The maximum absolute atomic E-state index is 11.1. The summed E-state index contributed by atoms with van der Waals surface area (Å²) in [7, 11) is 0. The molecule has 19 heavy (non-hydrogen) atoms. The van der Waals surface area contributed by atoms with Gasteiger partial charge in [0.25, 0.3) is 0 Å². The predicted molar refractivity (Wildman–Crippen MR) is 69.6 cm³/mol. The lowest BCUT2D eigenvalue weighted by Gasteiger charge is -2.07. The number of carboxylic acids is 2. The maximum atomic E-state index is 11.1. The zero-order chi connectivity index (χ0) is 14.3. The van der Waals surface area contributed by atoms with E-state index in [0.717, 1.165) is 25.7 Å². The van der Waals surface area contributed by atoms with Gasteiger partial charge in [-0.2, -0.15) is 0 Å². The van der Waals surface area contributed by atoms with Crippen LogP contribution in [0.15, 0.2) is 18.2 Å². The Morgan fingerprint density at radius 2 is 1.63 bits per heavy atom.